The Labute approximate surface area is 86.5 Å². The Morgan fingerprint density at radius 3 is 2.79 bits per heavy atom. The van der Waals surface area contributed by atoms with Crippen molar-refractivity contribution in [1.29, 1.82) is 0 Å². The van der Waals surface area contributed by atoms with E-state index in [0.717, 1.165) is 0 Å². The quantitative estimate of drug-likeness (QED) is 0.462. The fourth-order valence-electron chi connectivity index (χ4n) is 0.682. The van der Waals surface area contributed by atoms with Gasteiger partial charge in [-0.3, -0.25) is 10.4 Å². The van der Waals surface area contributed by atoms with Crippen LogP contribution in [0.5, 0.6) is 0 Å². The van der Waals surface area contributed by atoms with Gasteiger partial charge in [-0.2, -0.15) is 0 Å². The summed E-state index contributed by atoms with van der Waals surface area (Å²) in [6, 6.07) is 2.91. The van der Waals surface area contributed by atoms with Crippen LogP contribution in [0.4, 0.5) is 0 Å². The van der Waals surface area contributed by atoms with Gasteiger partial charge in [0.25, 0.3) is 10.0 Å². The molecule has 0 bridgehead atoms. The normalized spacial score (nSPS) is 10.9. The highest BCUT2D eigenvalue weighted by Crippen LogP contribution is 2.03. The molecule has 0 saturated heterocycles. The first-order chi connectivity index (χ1) is 6.52. The third kappa shape index (κ3) is 2.91. The standard InChI is InChI=1S/C6H8N4O2S2/c7-6(13)9-10-14(11,12)5-2-1-3-8-4-5/h1-4,10H,(H3,7,9,13). The van der Waals surface area contributed by atoms with Crippen LogP contribution < -0.4 is 16.0 Å². The summed E-state index contributed by atoms with van der Waals surface area (Å²) < 4.78 is 22.8. The highest BCUT2D eigenvalue weighted by molar-refractivity contribution is 7.89. The lowest BCUT2D eigenvalue weighted by Gasteiger charge is -2.06. The largest absolute Gasteiger partial charge is 0.375 e. The second-order valence-corrected chi connectivity index (χ2v) is 4.41. The van der Waals surface area contributed by atoms with E-state index in [1.165, 1.54) is 24.5 Å². The number of nitrogens with two attached hydrogens (primary N) is 1. The molecular formula is C6H8N4O2S2. The molecule has 0 aliphatic heterocycles. The molecule has 8 heteroatoms. The van der Waals surface area contributed by atoms with Crippen LogP contribution in [0.2, 0.25) is 0 Å². The molecule has 0 aromatic carbocycles. The van der Waals surface area contributed by atoms with Crippen molar-refractivity contribution in [2.24, 2.45) is 5.73 Å². The molecule has 0 spiro atoms. The molecular weight excluding hydrogens is 224 g/mol. The fourth-order valence-corrected chi connectivity index (χ4v) is 1.62. The van der Waals surface area contributed by atoms with Crippen LogP contribution in [-0.4, -0.2) is 18.5 Å². The summed E-state index contributed by atoms with van der Waals surface area (Å²) >= 11 is 4.44. The fraction of sp³-hybridized carbons (Fsp3) is 0. The molecule has 0 unspecified atom stereocenters. The van der Waals surface area contributed by atoms with Gasteiger partial charge in [-0.25, -0.2) is 8.42 Å². The SMILES string of the molecule is NC(=S)NNS(=O)(=O)c1cccnc1. The molecule has 14 heavy (non-hydrogen) atoms. The van der Waals surface area contributed by atoms with E-state index in [0.29, 0.717) is 0 Å². The minimum atomic E-state index is -3.65. The summed E-state index contributed by atoms with van der Waals surface area (Å²) in [5, 5.41) is -0.155. The van der Waals surface area contributed by atoms with Gasteiger partial charge in [0.2, 0.25) is 0 Å². The Morgan fingerprint density at radius 1 is 1.57 bits per heavy atom. The molecule has 0 radical (unpaired) electrons. The number of sulfonamides is 1. The minimum absolute atomic E-state index is 0.0313. The van der Waals surface area contributed by atoms with Crippen LogP contribution in [0, 0.1) is 0 Å². The third-order valence-corrected chi connectivity index (χ3v) is 2.59. The first kappa shape index (κ1) is 10.8. The topological polar surface area (TPSA) is 97.1 Å². The molecule has 0 amide bonds. The molecule has 1 aromatic rings. The van der Waals surface area contributed by atoms with E-state index in [-0.39, 0.29) is 10.0 Å². The summed E-state index contributed by atoms with van der Waals surface area (Å²) in [5.41, 5.74) is 7.18. The maximum absolute atomic E-state index is 11.4. The average Bonchev–Trinajstić information content (AvgIpc) is 2.16. The third-order valence-electron chi connectivity index (χ3n) is 1.25. The monoisotopic (exact) mass is 232 g/mol. The Balaban J connectivity index is 2.82. The van der Waals surface area contributed by atoms with E-state index in [4.69, 9.17) is 5.73 Å². The number of hydrazine groups is 1. The zero-order valence-electron chi connectivity index (χ0n) is 6.97. The van der Waals surface area contributed by atoms with Gasteiger partial charge in [0.15, 0.2) is 5.11 Å². The number of aromatic nitrogens is 1. The van der Waals surface area contributed by atoms with Gasteiger partial charge in [0.1, 0.15) is 4.90 Å². The average molecular weight is 232 g/mol. The van der Waals surface area contributed by atoms with E-state index in [2.05, 4.69) is 22.6 Å². The zero-order valence-corrected chi connectivity index (χ0v) is 8.60. The lowest BCUT2D eigenvalue weighted by molar-refractivity contribution is 0.577. The predicted molar refractivity (Wildman–Crippen MR) is 54.5 cm³/mol. The molecule has 0 atom stereocenters. The van der Waals surface area contributed by atoms with Gasteiger partial charge in [0.05, 0.1) is 0 Å². The lowest BCUT2D eigenvalue weighted by Crippen LogP contribution is -2.44. The highest BCUT2D eigenvalue weighted by atomic mass is 32.2. The van der Waals surface area contributed by atoms with E-state index in [1.54, 1.807) is 0 Å². The molecule has 0 aliphatic carbocycles. The number of rotatable bonds is 3. The number of hydrogen-bond acceptors (Lipinski definition) is 4. The van der Waals surface area contributed by atoms with Crippen molar-refractivity contribution >= 4 is 27.4 Å². The van der Waals surface area contributed by atoms with Crippen molar-refractivity contribution in [2.75, 3.05) is 0 Å². The van der Waals surface area contributed by atoms with Crippen LogP contribution in [0.1, 0.15) is 0 Å². The molecule has 76 valence electrons. The number of pyridine rings is 1. The van der Waals surface area contributed by atoms with Crippen LogP contribution in [0.15, 0.2) is 29.4 Å². The van der Waals surface area contributed by atoms with Gasteiger partial charge in [0, 0.05) is 12.4 Å². The second kappa shape index (κ2) is 4.31. The van der Waals surface area contributed by atoms with Crippen LogP contribution in [0.25, 0.3) is 0 Å². The van der Waals surface area contributed by atoms with Gasteiger partial charge < -0.3 is 5.73 Å². The molecule has 6 nitrogen and oxygen atoms in total. The van der Waals surface area contributed by atoms with Crippen molar-refractivity contribution in [1.82, 2.24) is 15.2 Å². The van der Waals surface area contributed by atoms with Crippen LogP contribution in [0.3, 0.4) is 0 Å². The number of nitrogens with zero attached hydrogens (tertiary/aromatic N) is 1. The van der Waals surface area contributed by atoms with E-state index in [1.807, 2.05) is 4.83 Å². The minimum Gasteiger partial charge on any atom is -0.375 e. The predicted octanol–water partition coefficient (Wildman–Crippen LogP) is -0.892. The summed E-state index contributed by atoms with van der Waals surface area (Å²) in [6.45, 7) is 0. The summed E-state index contributed by atoms with van der Waals surface area (Å²) in [7, 11) is -3.65. The molecule has 1 rings (SSSR count). The molecule has 0 saturated carbocycles. The Hall–Kier alpha value is -1.25. The first-order valence-corrected chi connectivity index (χ1v) is 5.39. The van der Waals surface area contributed by atoms with E-state index in [9.17, 15) is 8.42 Å². The Kier molecular flexibility index (Phi) is 3.33. The summed E-state index contributed by atoms with van der Waals surface area (Å²) in [5.74, 6) is 0. The zero-order chi connectivity index (χ0) is 10.6. The number of nitrogens with one attached hydrogen (secondary N) is 2. The van der Waals surface area contributed by atoms with Gasteiger partial charge in [-0.15, -0.1) is 4.83 Å². The first-order valence-electron chi connectivity index (χ1n) is 3.49. The maximum atomic E-state index is 11.4. The molecule has 0 fully saturated rings. The summed E-state index contributed by atoms with van der Waals surface area (Å²) in [6.07, 6.45) is 2.68. The van der Waals surface area contributed by atoms with E-state index >= 15 is 0 Å². The highest BCUT2D eigenvalue weighted by Gasteiger charge is 2.12. The second-order valence-electron chi connectivity index (χ2n) is 2.28. The van der Waals surface area contributed by atoms with E-state index < -0.39 is 10.0 Å². The summed E-state index contributed by atoms with van der Waals surface area (Å²) in [4.78, 5) is 5.69. The number of hydrogen-bond donors (Lipinski definition) is 3. The van der Waals surface area contributed by atoms with Crippen molar-refractivity contribution in [3.8, 4) is 0 Å². The maximum Gasteiger partial charge on any atom is 0.258 e. The van der Waals surface area contributed by atoms with Gasteiger partial charge in [-0.05, 0) is 24.4 Å². The van der Waals surface area contributed by atoms with Crippen LogP contribution >= 0.6 is 12.2 Å². The van der Waals surface area contributed by atoms with Crippen LogP contribution in [-0.2, 0) is 10.0 Å². The van der Waals surface area contributed by atoms with Crippen molar-refractivity contribution in [3.63, 3.8) is 0 Å². The number of thiocarbonyl (C=S) groups is 1. The molecule has 4 N–H and O–H groups in total. The van der Waals surface area contributed by atoms with Crippen molar-refractivity contribution in [3.05, 3.63) is 24.5 Å². The molecule has 1 heterocycles. The molecule has 0 aliphatic rings. The Bertz CT molecular complexity index is 417. The molecule has 1 aromatic heterocycles. The van der Waals surface area contributed by atoms with Gasteiger partial charge >= 0.3 is 0 Å². The lowest BCUT2D eigenvalue weighted by atomic mass is 10.5. The van der Waals surface area contributed by atoms with Gasteiger partial charge in [-0.1, -0.05) is 0 Å². The Morgan fingerprint density at radius 2 is 2.29 bits per heavy atom. The smallest absolute Gasteiger partial charge is 0.258 e. The van der Waals surface area contributed by atoms with Crippen molar-refractivity contribution in [2.45, 2.75) is 4.90 Å². The van der Waals surface area contributed by atoms with Crippen molar-refractivity contribution < 1.29 is 8.42 Å².